The number of methoxy groups -OCH3 is 1. The number of carbonyl (C=O) groups excluding carboxylic acids is 2. The van der Waals surface area contributed by atoms with E-state index in [0.717, 1.165) is 31.5 Å². The molecule has 1 aliphatic rings. The highest BCUT2D eigenvalue weighted by Crippen LogP contribution is 2.29. The summed E-state index contributed by atoms with van der Waals surface area (Å²) in [6, 6.07) is 8.36. The van der Waals surface area contributed by atoms with E-state index in [2.05, 4.69) is 37.7 Å². The Balaban J connectivity index is 1.60. The largest absolute Gasteiger partial charge is 0.469 e. The van der Waals surface area contributed by atoms with Crippen LogP contribution in [0.15, 0.2) is 24.3 Å². The predicted molar refractivity (Wildman–Crippen MR) is 99.2 cm³/mol. The topological polar surface area (TPSA) is 93.2 Å². The van der Waals surface area contributed by atoms with Gasteiger partial charge in [0.15, 0.2) is 0 Å². The van der Waals surface area contributed by atoms with Crippen LogP contribution >= 0.6 is 11.3 Å². The standard InChI is InChI=1S/C18H22N4O3S/c1-25-15(23)8-11-20-16(24)18-22-21-17(26-18)14-4-2-12(3-5-14)13-6-9-19-10-7-13/h2-5,13,19H,6-11H2,1H3,(H,20,24). The number of hydrogen-bond donors (Lipinski definition) is 2. The van der Waals surface area contributed by atoms with Gasteiger partial charge in [0.2, 0.25) is 5.01 Å². The Hall–Kier alpha value is -2.32. The lowest BCUT2D eigenvalue weighted by molar-refractivity contribution is -0.140. The third-order valence-electron chi connectivity index (χ3n) is 4.43. The van der Waals surface area contributed by atoms with Crippen molar-refractivity contribution in [3.05, 3.63) is 34.8 Å². The van der Waals surface area contributed by atoms with Gasteiger partial charge in [0.05, 0.1) is 13.5 Å². The summed E-state index contributed by atoms with van der Waals surface area (Å²) in [4.78, 5) is 23.1. The molecule has 1 amide bonds. The van der Waals surface area contributed by atoms with E-state index in [1.54, 1.807) is 0 Å². The average Bonchev–Trinajstić information content (AvgIpc) is 3.19. The lowest BCUT2D eigenvalue weighted by Gasteiger charge is -2.22. The molecule has 1 fully saturated rings. The van der Waals surface area contributed by atoms with E-state index in [9.17, 15) is 9.59 Å². The summed E-state index contributed by atoms with van der Waals surface area (Å²) in [6.07, 6.45) is 2.45. The molecule has 0 unspecified atom stereocenters. The van der Waals surface area contributed by atoms with Crippen molar-refractivity contribution in [2.45, 2.75) is 25.2 Å². The number of carbonyl (C=O) groups is 2. The van der Waals surface area contributed by atoms with Gasteiger partial charge in [-0.1, -0.05) is 35.6 Å². The normalized spacial score (nSPS) is 14.8. The summed E-state index contributed by atoms with van der Waals surface area (Å²) in [5.74, 6) is -0.0862. The van der Waals surface area contributed by atoms with E-state index in [1.807, 2.05) is 12.1 Å². The monoisotopic (exact) mass is 374 g/mol. The third-order valence-corrected chi connectivity index (χ3v) is 5.40. The van der Waals surface area contributed by atoms with Crippen LogP contribution in [0.1, 0.15) is 40.5 Å². The number of piperidine rings is 1. The fourth-order valence-electron chi connectivity index (χ4n) is 2.94. The molecule has 0 radical (unpaired) electrons. The lowest BCUT2D eigenvalue weighted by atomic mass is 9.90. The molecule has 8 heteroatoms. The van der Waals surface area contributed by atoms with E-state index in [1.165, 1.54) is 24.0 Å². The van der Waals surface area contributed by atoms with Gasteiger partial charge in [0, 0.05) is 12.1 Å². The predicted octanol–water partition coefficient (Wildman–Crippen LogP) is 1.97. The van der Waals surface area contributed by atoms with E-state index in [4.69, 9.17) is 0 Å². The molecule has 0 spiro atoms. The van der Waals surface area contributed by atoms with Gasteiger partial charge in [-0.3, -0.25) is 9.59 Å². The second-order valence-electron chi connectivity index (χ2n) is 6.14. The summed E-state index contributed by atoms with van der Waals surface area (Å²) < 4.78 is 4.53. The number of amides is 1. The first-order valence-corrected chi connectivity index (χ1v) is 9.48. The van der Waals surface area contributed by atoms with Gasteiger partial charge in [-0.2, -0.15) is 0 Å². The van der Waals surface area contributed by atoms with Gasteiger partial charge in [0.1, 0.15) is 5.01 Å². The third kappa shape index (κ3) is 4.64. The molecular formula is C18H22N4O3S. The second kappa shape index (κ2) is 8.86. The van der Waals surface area contributed by atoms with E-state index in [-0.39, 0.29) is 29.8 Å². The van der Waals surface area contributed by atoms with Crippen molar-refractivity contribution in [2.75, 3.05) is 26.7 Å². The molecule has 0 aliphatic carbocycles. The second-order valence-corrected chi connectivity index (χ2v) is 7.12. The van der Waals surface area contributed by atoms with Crippen LogP contribution in [0.3, 0.4) is 0 Å². The fourth-order valence-corrected chi connectivity index (χ4v) is 3.71. The molecule has 0 bridgehead atoms. The smallest absolute Gasteiger partial charge is 0.307 e. The summed E-state index contributed by atoms with van der Waals surface area (Å²) in [5.41, 5.74) is 2.30. The molecule has 0 saturated carbocycles. The number of rotatable bonds is 6. The van der Waals surface area contributed by atoms with Gasteiger partial charge in [-0.25, -0.2) is 0 Å². The van der Waals surface area contributed by atoms with E-state index >= 15 is 0 Å². The Labute approximate surface area is 156 Å². The molecule has 138 valence electrons. The molecule has 26 heavy (non-hydrogen) atoms. The Morgan fingerprint density at radius 1 is 1.23 bits per heavy atom. The number of esters is 1. The highest BCUT2D eigenvalue weighted by Gasteiger charge is 2.17. The molecule has 1 saturated heterocycles. The Kier molecular flexibility index (Phi) is 6.30. The number of hydrogen-bond acceptors (Lipinski definition) is 7. The van der Waals surface area contributed by atoms with Gasteiger partial charge in [0.25, 0.3) is 5.91 Å². The maximum absolute atomic E-state index is 12.1. The molecule has 1 aromatic heterocycles. The van der Waals surface area contributed by atoms with Crippen molar-refractivity contribution >= 4 is 23.2 Å². The number of nitrogens with zero attached hydrogens (tertiary/aromatic N) is 2. The van der Waals surface area contributed by atoms with Crippen LogP contribution in [0.5, 0.6) is 0 Å². The van der Waals surface area contributed by atoms with Crippen LogP contribution in [0.25, 0.3) is 10.6 Å². The van der Waals surface area contributed by atoms with Gasteiger partial charge < -0.3 is 15.4 Å². The SMILES string of the molecule is COC(=O)CCNC(=O)c1nnc(-c2ccc(C3CCNCC3)cc2)s1. The maximum atomic E-state index is 12.1. The summed E-state index contributed by atoms with van der Waals surface area (Å²) in [7, 11) is 1.32. The minimum absolute atomic E-state index is 0.131. The van der Waals surface area contributed by atoms with Crippen LogP contribution in [-0.2, 0) is 9.53 Å². The Morgan fingerprint density at radius 3 is 2.65 bits per heavy atom. The first kappa shape index (κ1) is 18.5. The lowest BCUT2D eigenvalue weighted by Crippen LogP contribution is -2.26. The Bertz CT molecular complexity index is 754. The van der Waals surface area contributed by atoms with E-state index in [0.29, 0.717) is 10.9 Å². The number of nitrogens with one attached hydrogen (secondary N) is 2. The number of ether oxygens (including phenoxy) is 1. The molecule has 3 rings (SSSR count). The minimum Gasteiger partial charge on any atom is -0.469 e. The fraction of sp³-hybridized carbons (Fsp3) is 0.444. The van der Waals surface area contributed by atoms with E-state index < -0.39 is 0 Å². The van der Waals surface area contributed by atoms with Crippen molar-refractivity contribution < 1.29 is 14.3 Å². The van der Waals surface area contributed by atoms with Crippen molar-refractivity contribution in [3.63, 3.8) is 0 Å². The average molecular weight is 374 g/mol. The zero-order chi connectivity index (χ0) is 18.4. The Morgan fingerprint density at radius 2 is 1.96 bits per heavy atom. The van der Waals surface area contributed by atoms with Gasteiger partial charge in [-0.15, -0.1) is 10.2 Å². The van der Waals surface area contributed by atoms with Crippen molar-refractivity contribution in [2.24, 2.45) is 0 Å². The van der Waals surface area contributed by atoms with Crippen molar-refractivity contribution in [1.29, 1.82) is 0 Å². The van der Waals surface area contributed by atoms with Crippen LogP contribution in [0.2, 0.25) is 0 Å². The van der Waals surface area contributed by atoms with Crippen LogP contribution in [-0.4, -0.2) is 48.8 Å². The number of aromatic nitrogens is 2. The van der Waals surface area contributed by atoms with Crippen LogP contribution in [0.4, 0.5) is 0 Å². The first-order valence-electron chi connectivity index (χ1n) is 8.67. The minimum atomic E-state index is -0.364. The molecule has 0 atom stereocenters. The zero-order valence-electron chi connectivity index (χ0n) is 14.7. The molecule has 1 aliphatic heterocycles. The molecule has 2 heterocycles. The molecule has 2 N–H and O–H groups in total. The van der Waals surface area contributed by atoms with Crippen LogP contribution < -0.4 is 10.6 Å². The molecular weight excluding hydrogens is 352 g/mol. The van der Waals surface area contributed by atoms with Crippen molar-refractivity contribution in [3.8, 4) is 10.6 Å². The van der Waals surface area contributed by atoms with Gasteiger partial charge >= 0.3 is 5.97 Å². The van der Waals surface area contributed by atoms with Gasteiger partial charge in [-0.05, 0) is 37.4 Å². The number of benzene rings is 1. The first-order chi connectivity index (χ1) is 12.7. The highest BCUT2D eigenvalue weighted by molar-refractivity contribution is 7.16. The maximum Gasteiger partial charge on any atom is 0.307 e. The quantitative estimate of drug-likeness (QED) is 0.751. The summed E-state index contributed by atoms with van der Waals surface area (Å²) in [6.45, 7) is 2.35. The molecule has 7 nitrogen and oxygen atoms in total. The molecule has 2 aromatic rings. The van der Waals surface area contributed by atoms with Crippen molar-refractivity contribution in [1.82, 2.24) is 20.8 Å². The summed E-state index contributed by atoms with van der Waals surface area (Å²) >= 11 is 1.24. The zero-order valence-corrected chi connectivity index (χ0v) is 15.5. The highest BCUT2D eigenvalue weighted by atomic mass is 32.1. The summed E-state index contributed by atoms with van der Waals surface area (Å²) in [5, 5.41) is 15.1. The molecule has 1 aromatic carbocycles. The van der Waals surface area contributed by atoms with Crippen LogP contribution in [0, 0.1) is 0 Å².